The summed E-state index contributed by atoms with van der Waals surface area (Å²) in [5.41, 5.74) is 1.05. The number of methoxy groups -OCH3 is 2. The van der Waals surface area contributed by atoms with Crippen LogP contribution in [0.5, 0.6) is 5.75 Å². The van der Waals surface area contributed by atoms with Gasteiger partial charge in [0.2, 0.25) is 11.8 Å². The highest BCUT2D eigenvalue weighted by Crippen LogP contribution is 2.17. The normalized spacial score (nSPS) is 18.1. The zero-order valence-corrected chi connectivity index (χ0v) is 14.2. The molecule has 1 aromatic carbocycles. The minimum atomic E-state index is -0.465. The summed E-state index contributed by atoms with van der Waals surface area (Å²) in [4.78, 5) is 26.3. The van der Waals surface area contributed by atoms with Crippen molar-refractivity contribution in [2.45, 2.75) is 19.0 Å². The molecule has 132 valence electrons. The second-order valence-corrected chi connectivity index (χ2v) is 5.68. The molecule has 2 amide bonds. The van der Waals surface area contributed by atoms with Crippen LogP contribution in [0.25, 0.3) is 0 Å². The molecule has 1 aliphatic heterocycles. The first-order valence-electron chi connectivity index (χ1n) is 8.04. The van der Waals surface area contributed by atoms with Crippen LogP contribution in [0.3, 0.4) is 0 Å². The monoisotopic (exact) mass is 335 g/mol. The second kappa shape index (κ2) is 9.24. The van der Waals surface area contributed by atoms with E-state index in [0.717, 1.165) is 11.3 Å². The van der Waals surface area contributed by atoms with Crippen LogP contribution >= 0.6 is 0 Å². The fraction of sp³-hybridized carbons (Fsp3) is 0.529. The van der Waals surface area contributed by atoms with E-state index in [4.69, 9.17) is 9.47 Å². The van der Waals surface area contributed by atoms with Gasteiger partial charge in [-0.2, -0.15) is 0 Å². The van der Waals surface area contributed by atoms with Crippen LogP contribution in [0.4, 0.5) is 0 Å². The lowest BCUT2D eigenvalue weighted by atomic mass is 10.1. The van der Waals surface area contributed by atoms with E-state index in [1.54, 1.807) is 14.2 Å². The minimum Gasteiger partial charge on any atom is -0.497 e. The highest BCUT2D eigenvalue weighted by atomic mass is 16.5. The van der Waals surface area contributed by atoms with Crippen molar-refractivity contribution in [1.29, 1.82) is 0 Å². The number of carbonyl (C=O) groups is 2. The number of piperazine rings is 1. The first kappa shape index (κ1) is 18.2. The molecular formula is C17H25N3O4. The van der Waals surface area contributed by atoms with Crippen molar-refractivity contribution in [3.05, 3.63) is 29.8 Å². The fourth-order valence-corrected chi connectivity index (χ4v) is 2.72. The smallest absolute Gasteiger partial charge is 0.237 e. The number of rotatable bonds is 8. The number of nitrogens with zero attached hydrogens (tertiary/aromatic N) is 1. The molecule has 24 heavy (non-hydrogen) atoms. The maximum atomic E-state index is 12.2. The number of amides is 2. The van der Waals surface area contributed by atoms with Crippen LogP contribution in [0.15, 0.2) is 24.3 Å². The molecule has 0 spiro atoms. The minimum absolute atomic E-state index is 0.106. The number of benzene rings is 1. The summed E-state index contributed by atoms with van der Waals surface area (Å²) >= 11 is 0. The molecule has 7 nitrogen and oxygen atoms in total. The highest BCUT2D eigenvalue weighted by molar-refractivity contribution is 5.88. The lowest BCUT2D eigenvalue weighted by Gasteiger charge is -2.34. The molecule has 1 fully saturated rings. The molecule has 1 heterocycles. The molecule has 0 saturated carbocycles. The molecule has 1 saturated heterocycles. The molecule has 1 aliphatic rings. The van der Waals surface area contributed by atoms with Crippen molar-refractivity contribution in [3.63, 3.8) is 0 Å². The lowest BCUT2D eigenvalue weighted by Crippen LogP contribution is -2.56. The maximum absolute atomic E-state index is 12.2. The zero-order valence-electron chi connectivity index (χ0n) is 14.2. The maximum Gasteiger partial charge on any atom is 0.237 e. The van der Waals surface area contributed by atoms with Gasteiger partial charge in [0.25, 0.3) is 0 Å². The van der Waals surface area contributed by atoms with Gasteiger partial charge in [-0.05, 0) is 17.7 Å². The van der Waals surface area contributed by atoms with Gasteiger partial charge in [-0.25, -0.2) is 0 Å². The van der Waals surface area contributed by atoms with E-state index in [0.29, 0.717) is 32.8 Å². The average Bonchev–Trinajstić information content (AvgIpc) is 2.58. The summed E-state index contributed by atoms with van der Waals surface area (Å²) in [6.45, 7) is 2.79. The molecule has 1 atom stereocenters. The third kappa shape index (κ3) is 5.21. The molecule has 0 bridgehead atoms. The van der Waals surface area contributed by atoms with Crippen LogP contribution in [0, 0.1) is 0 Å². The van der Waals surface area contributed by atoms with Crippen molar-refractivity contribution in [3.8, 4) is 5.75 Å². The predicted octanol–water partition coefficient (Wildman–Crippen LogP) is 0.148. The summed E-state index contributed by atoms with van der Waals surface area (Å²) in [6, 6.07) is 7.28. The standard InChI is InChI=1S/C17H25N3O4/c1-23-9-7-18-16(21)11-15-17(22)19-6-8-20(15)12-13-4-3-5-14(10-13)24-2/h3-5,10,15H,6-9,11-12H2,1-2H3,(H,18,21)(H,19,22)/t15-/m0/s1. The van der Waals surface area contributed by atoms with Crippen molar-refractivity contribution in [2.24, 2.45) is 0 Å². The number of hydrogen-bond donors (Lipinski definition) is 2. The Morgan fingerprint density at radius 2 is 2.25 bits per heavy atom. The van der Waals surface area contributed by atoms with Crippen LogP contribution in [0.1, 0.15) is 12.0 Å². The Bertz CT molecular complexity index is 565. The van der Waals surface area contributed by atoms with Gasteiger partial charge in [0.15, 0.2) is 0 Å². The van der Waals surface area contributed by atoms with Crippen LogP contribution < -0.4 is 15.4 Å². The SMILES string of the molecule is COCCNC(=O)C[C@H]1C(=O)NCCN1Cc1cccc(OC)c1. The first-order valence-corrected chi connectivity index (χ1v) is 8.04. The van der Waals surface area contributed by atoms with Crippen molar-refractivity contribution >= 4 is 11.8 Å². The first-order chi connectivity index (χ1) is 11.6. The Hall–Kier alpha value is -2.12. The van der Waals surface area contributed by atoms with E-state index in [-0.39, 0.29) is 18.2 Å². The molecule has 0 aliphatic carbocycles. The van der Waals surface area contributed by atoms with Crippen LogP contribution in [-0.2, 0) is 20.9 Å². The zero-order chi connectivity index (χ0) is 17.4. The van der Waals surface area contributed by atoms with Crippen LogP contribution in [0.2, 0.25) is 0 Å². The molecule has 0 unspecified atom stereocenters. The Morgan fingerprint density at radius 3 is 3.00 bits per heavy atom. The Balaban J connectivity index is 1.99. The lowest BCUT2D eigenvalue weighted by molar-refractivity contribution is -0.134. The quantitative estimate of drug-likeness (QED) is 0.661. The summed E-state index contributed by atoms with van der Waals surface area (Å²) in [5.74, 6) is 0.526. The molecule has 2 rings (SSSR count). The van der Waals surface area contributed by atoms with Crippen LogP contribution in [-0.4, -0.2) is 63.2 Å². The van der Waals surface area contributed by atoms with E-state index >= 15 is 0 Å². The number of carbonyl (C=O) groups excluding carboxylic acids is 2. The van der Waals surface area contributed by atoms with Gasteiger partial charge in [-0.15, -0.1) is 0 Å². The third-order valence-electron chi connectivity index (χ3n) is 3.97. The van der Waals surface area contributed by atoms with Gasteiger partial charge >= 0.3 is 0 Å². The summed E-state index contributed by atoms with van der Waals surface area (Å²) in [7, 11) is 3.21. The van der Waals surface area contributed by atoms with Crippen molar-refractivity contribution in [1.82, 2.24) is 15.5 Å². The fourth-order valence-electron chi connectivity index (χ4n) is 2.72. The molecule has 2 N–H and O–H groups in total. The van der Waals surface area contributed by atoms with E-state index in [1.807, 2.05) is 29.2 Å². The van der Waals surface area contributed by atoms with Gasteiger partial charge in [-0.1, -0.05) is 12.1 Å². The molecule has 1 aromatic rings. The molecular weight excluding hydrogens is 310 g/mol. The molecule has 0 radical (unpaired) electrons. The van der Waals surface area contributed by atoms with Gasteiger partial charge in [0.1, 0.15) is 5.75 Å². The molecule has 7 heteroatoms. The molecule has 0 aromatic heterocycles. The predicted molar refractivity (Wildman–Crippen MR) is 89.7 cm³/mol. The van der Waals surface area contributed by atoms with Gasteiger partial charge in [-0.3, -0.25) is 14.5 Å². The number of nitrogens with one attached hydrogen (secondary N) is 2. The van der Waals surface area contributed by atoms with E-state index in [2.05, 4.69) is 10.6 Å². The Labute approximate surface area is 142 Å². The topological polar surface area (TPSA) is 79.9 Å². The van der Waals surface area contributed by atoms with E-state index < -0.39 is 6.04 Å². The van der Waals surface area contributed by atoms with Crippen molar-refractivity contribution < 1.29 is 19.1 Å². The van der Waals surface area contributed by atoms with Gasteiger partial charge in [0, 0.05) is 33.3 Å². The largest absolute Gasteiger partial charge is 0.497 e. The summed E-state index contributed by atoms with van der Waals surface area (Å²) in [5, 5.41) is 5.60. The van der Waals surface area contributed by atoms with Gasteiger partial charge < -0.3 is 20.1 Å². The number of hydrogen-bond acceptors (Lipinski definition) is 5. The Morgan fingerprint density at radius 1 is 1.42 bits per heavy atom. The van der Waals surface area contributed by atoms with Crippen molar-refractivity contribution in [2.75, 3.05) is 40.5 Å². The average molecular weight is 335 g/mol. The Kier molecular flexibility index (Phi) is 7.02. The highest BCUT2D eigenvalue weighted by Gasteiger charge is 2.31. The van der Waals surface area contributed by atoms with Gasteiger partial charge in [0.05, 0.1) is 26.2 Å². The van der Waals surface area contributed by atoms with E-state index in [9.17, 15) is 9.59 Å². The third-order valence-corrected chi connectivity index (χ3v) is 3.97. The number of ether oxygens (including phenoxy) is 2. The van der Waals surface area contributed by atoms with E-state index in [1.165, 1.54) is 0 Å². The second-order valence-electron chi connectivity index (χ2n) is 5.68. The summed E-state index contributed by atoms with van der Waals surface area (Å²) in [6.07, 6.45) is 0.138. The summed E-state index contributed by atoms with van der Waals surface area (Å²) < 4.78 is 10.1.